The summed E-state index contributed by atoms with van der Waals surface area (Å²) in [6, 6.07) is -0.400. The van der Waals surface area contributed by atoms with Gasteiger partial charge >= 0.3 is 12.2 Å². The molecular formula is C13H27N3O4. The molecule has 0 fully saturated rings. The predicted octanol–water partition coefficient (Wildman–Crippen LogP) is 1.52. The maximum Gasteiger partial charge on any atom is 0.407 e. The molecule has 0 aliphatic carbocycles. The fourth-order valence-corrected chi connectivity index (χ4v) is 1.59. The van der Waals surface area contributed by atoms with E-state index in [9.17, 15) is 9.59 Å². The van der Waals surface area contributed by atoms with Gasteiger partial charge in [-0.05, 0) is 25.3 Å². The van der Waals surface area contributed by atoms with Crippen molar-refractivity contribution < 1.29 is 19.4 Å². The molecule has 0 saturated carbocycles. The highest BCUT2D eigenvalue weighted by Gasteiger charge is 2.17. The average molecular weight is 289 g/mol. The highest BCUT2D eigenvalue weighted by Crippen LogP contribution is 2.02. The first-order valence-corrected chi connectivity index (χ1v) is 7.07. The number of nitrogens with two attached hydrogens (primary N) is 1. The summed E-state index contributed by atoms with van der Waals surface area (Å²) in [4.78, 5) is 22.0. The second kappa shape index (κ2) is 11.3. The van der Waals surface area contributed by atoms with E-state index in [1.807, 2.05) is 13.8 Å². The third kappa shape index (κ3) is 10.4. The lowest BCUT2D eigenvalue weighted by Crippen LogP contribution is -2.42. The molecule has 0 saturated heterocycles. The Kier molecular flexibility index (Phi) is 10.5. The summed E-state index contributed by atoms with van der Waals surface area (Å²) in [6.07, 6.45) is 2.34. The normalized spacial score (nSPS) is 12.0. The summed E-state index contributed by atoms with van der Waals surface area (Å²) in [5.41, 5.74) is 5.38. The Balaban J connectivity index is 3.71. The molecule has 7 nitrogen and oxygen atoms in total. The molecule has 0 heterocycles. The fourth-order valence-electron chi connectivity index (χ4n) is 1.59. The molecule has 0 bridgehead atoms. The molecule has 5 N–H and O–H groups in total. The summed E-state index contributed by atoms with van der Waals surface area (Å²) >= 11 is 0. The van der Waals surface area contributed by atoms with Crippen molar-refractivity contribution >= 4 is 12.2 Å². The minimum Gasteiger partial charge on any atom is -0.465 e. The van der Waals surface area contributed by atoms with Gasteiger partial charge in [0, 0.05) is 6.54 Å². The van der Waals surface area contributed by atoms with Crippen LogP contribution >= 0.6 is 0 Å². The first-order chi connectivity index (χ1) is 9.47. The van der Waals surface area contributed by atoms with E-state index in [4.69, 9.17) is 15.6 Å². The Labute approximate surface area is 120 Å². The number of hydrogen-bond acceptors (Lipinski definition) is 4. The number of carboxylic acid groups (broad SMARTS) is 1. The quantitative estimate of drug-likeness (QED) is 0.455. The van der Waals surface area contributed by atoms with Crippen LogP contribution in [0.4, 0.5) is 9.59 Å². The minimum atomic E-state index is -1.12. The molecule has 0 unspecified atom stereocenters. The maximum absolute atomic E-state index is 11.4. The summed E-state index contributed by atoms with van der Waals surface area (Å²) in [5, 5.41) is 13.6. The highest BCUT2D eigenvalue weighted by molar-refractivity contribution is 5.67. The van der Waals surface area contributed by atoms with E-state index >= 15 is 0 Å². The second-order valence-corrected chi connectivity index (χ2v) is 5.03. The van der Waals surface area contributed by atoms with Gasteiger partial charge in [0.15, 0.2) is 0 Å². The molecule has 7 heteroatoms. The molecule has 1 atom stereocenters. The van der Waals surface area contributed by atoms with Crippen LogP contribution in [-0.4, -0.2) is 43.0 Å². The number of unbranched alkanes of at least 4 members (excludes halogenated alkanes) is 3. The third-order valence-corrected chi connectivity index (χ3v) is 2.91. The van der Waals surface area contributed by atoms with E-state index in [0.29, 0.717) is 13.1 Å². The highest BCUT2D eigenvalue weighted by atomic mass is 16.5. The van der Waals surface area contributed by atoms with Crippen LogP contribution in [0.5, 0.6) is 0 Å². The lowest BCUT2D eigenvalue weighted by molar-refractivity contribution is 0.120. The van der Waals surface area contributed by atoms with Gasteiger partial charge in [0.05, 0.1) is 6.04 Å². The van der Waals surface area contributed by atoms with Gasteiger partial charge in [0.2, 0.25) is 0 Å². The van der Waals surface area contributed by atoms with Crippen molar-refractivity contribution in [2.24, 2.45) is 11.7 Å². The number of alkyl carbamates (subject to hydrolysis) is 1. The van der Waals surface area contributed by atoms with Crippen LogP contribution in [0.25, 0.3) is 0 Å². The molecule has 0 aromatic rings. The number of ether oxygens (including phenoxy) is 1. The van der Waals surface area contributed by atoms with Gasteiger partial charge < -0.3 is 26.2 Å². The summed E-state index contributed by atoms with van der Waals surface area (Å²) < 4.78 is 5.00. The molecule has 20 heavy (non-hydrogen) atoms. The van der Waals surface area contributed by atoms with Crippen molar-refractivity contribution in [3.63, 3.8) is 0 Å². The van der Waals surface area contributed by atoms with Crippen LogP contribution in [-0.2, 0) is 4.74 Å². The van der Waals surface area contributed by atoms with E-state index in [1.165, 1.54) is 0 Å². The molecule has 0 radical (unpaired) electrons. The summed E-state index contributed by atoms with van der Waals surface area (Å²) in [6.45, 7) is 5.01. The molecule has 0 spiro atoms. The zero-order valence-corrected chi connectivity index (χ0v) is 12.4. The lowest BCUT2D eigenvalue weighted by atomic mass is 10.1. The molecule has 2 amide bonds. The van der Waals surface area contributed by atoms with E-state index in [1.54, 1.807) is 0 Å². The largest absolute Gasteiger partial charge is 0.465 e. The Morgan fingerprint density at radius 3 is 2.40 bits per heavy atom. The number of rotatable bonds is 10. The van der Waals surface area contributed by atoms with E-state index in [0.717, 1.165) is 25.7 Å². The molecule has 0 aromatic heterocycles. The van der Waals surface area contributed by atoms with E-state index in [-0.39, 0.29) is 12.5 Å². The van der Waals surface area contributed by atoms with Crippen LogP contribution in [0.1, 0.15) is 39.5 Å². The smallest absolute Gasteiger partial charge is 0.407 e. The summed E-state index contributed by atoms with van der Waals surface area (Å²) in [7, 11) is 0. The number of carbonyl (C=O) groups is 2. The topological polar surface area (TPSA) is 114 Å². The SMILES string of the molecule is CC(C)[C@H](COC(=O)NCCCCCCN)NC(=O)O. The van der Waals surface area contributed by atoms with Crippen LogP contribution in [0.3, 0.4) is 0 Å². The van der Waals surface area contributed by atoms with Gasteiger partial charge in [-0.3, -0.25) is 0 Å². The van der Waals surface area contributed by atoms with Gasteiger partial charge in [-0.2, -0.15) is 0 Å². The first-order valence-electron chi connectivity index (χ1n) is 7.07. The van der Waals surface area contributed by atoms with E-state index < -0.39 is 18.2 Å². The molecule has 118 valence electrons. The minimum absolute atomic E-state index is 0.0307. The van der Waals surface area contributed by atoms with Crippen molar-refractivity contribution in [2.45, 2.75) is 45.6 Å². The number of nitrogens with one attached hydrogen (secondary N) is 2. The van der Waals surface area contributed by atoms with Crippen molar-refractivity contribution in [3.05, 3.63) is 0 Å². The monoisotopic (exact) mass is 289 g/mol. The molecule has 0 aliphatic rings. The standard InChI is InChI=1S/C13H27N3O4/c1-10(2)11(16-12(17)18)9-20-13(19)15-8-6-4-3-5-7-14/h10-11,16H,3-9,14H2,1-2H3,(H,15,19)(H,17,18)/t11-/m0/s1. The first kappa shape index (κ1) is 18.5. The molecular weight excluding hydrogens is 262 g/mol. The van der Waals surface area contributed by atoms with Crippen molar-refractivity contribution in [1.82, 2.24) is 10.6 Å². The van der Waals surface area contributed by atoms with Gasteiger partial charge in [-0.1, -0.05) is 26.7 Å². The predicted molar refractivity (Wildman–Crippen MR) is 76.7 cm³/mol. The van der Waals surface area contributed by atoms with Gasteiger partial charge in [-0.25, -0.2) is 9.59 Å². The molecule has 0 aliphatic heterocycles. The Morgan fingerprint density at radius 2 is 1.85 bits per heavy atom. The second-order valence-electron chi connectivity index (χ2n) is 5.03. The lowest BCUT2D eigenvalue weighted by Gasteiger charge is -2.20. The van der Waals surface area contributed by atoms with Crippen molar-refractivity contribution in [2.75, 3.05) is 19.7 Å². The van der Waals surface area contributed by atoms with Crippen LogP contribution < -0.4 is 16.4 Å². The number of amides is 2. The maximum atomic E-state index is 11.4. The average Bonchev–Trinajstić information content (AvgIpc) is 2.37. The zero-order chi connectivity index (χ0) is 15.4. The van der Waals surface area contributed by atoms with Crippen molar-refractivity contribution in [1.29, 1.82) is 0 Å². The molecule has 0 aromatic carbocycles. The Hall–Kier alpha value is -1.50. The Morgan fingerprint density at radius 1 is 1.20 bits per heavy atom. The van der Waals surface area contributed by atoms with Crippen LogP contribution in [0, 0.1) is 5.92 Å². The third-order valence-electron chi connectivity index (χ3n) is 2.91. The molecule has 0 rings (SSSR count). The zero-order valence-electron chi connectivity index (χ0n) is 12.4. The Bertz CT molecular complexity index is 285. The number of carbonyl (C=O) groups excluding carboxylic acids is 1. The van der Waals surface area contributed by atoms with E-state index in [2.05, 4.69) is 10.6 Å². The fraction of sp³-hybridized carbons (Fsp3) is 0.846. The summed E-state index contributed by atoms with van der Waals surface area (Å²) in [5.74, 6) is 0.0511. The number of hydrogen-bond donors (Lipinski definition) is 4. The van der Waals surface area contributed by atoms with Gasteiger partial charge in [-0.15, -0.1) is 0 Å². The van der Waals surface area contributed by atoms with Crippen LogP contribution in [0.2, 0.25) is 0 Å². The van der Waals surface area contributed by atoms with Gasteiger partial charge in [0.25, 0.3) is 0 Å². The van der Waals surface area contributed by atoms with Crippen LogP contribution in [0.15, 0.2) is 0 Å². The van der Waals surface area contributed by atoms with Gasteiger partial charge in [0.1, 0.15) is 6.61 Å². The van der Waals surface area contributed by atoms with Crippen molar-refractivity contribution in [3.8, 4) is 0 Å².